The molecule has 0 radical (unpaired) electrons. The minimum Gasteiger partial charge on any atom is -0.372 e. The monoisotopic (exact) mass is 348 g/mol. The predicted molar refractivity (Wildman–Crippen MR) is 97.0 cm³/mol. The van der Waals surface area contributed by atoms with Crippen LogP contribution in [0.3, 0.4) is 0 Å². The summed E-state index contributed by atoms with van der Waals surface area (Å²) in [6, 6.07) is 10.9. The van der Waals surface area contributed by atoms with Crippen molar-refractivity contribution < 1.29 is 4.79 Å². The molecule has 1 N–H and O–H groups in total. The second-order valence-corrected chi connectivity index (χ2v) is 6.68. The van der Waals surface area contributed by atoms with Crippen molar-refractivity contribution in [3.8, 4) is 0 Å². The molecular formula is C18H18Cl2N2O. The summed E-state index contributed by atoms with van der Waals surface area (Å²) in [6.45, 7) is 4.21. The van der Waals surface area contributed by atoms with E-state index in [0.29, 0.717) is 15.6 Å². The molecule has 2 aromatic carbocycles. The number of aryl methyl sites for hydroxylation is 1. The molecule has 5 heteroatoms. The first kappa shape index (κ1) is 16.2. The van der Waals surface area contributed by atoms with Crippen LogP contribution in [0.4, 0.5) is 11.4 Å². The Hall–Kier alpha value is -1.71. The average molecular weight is 349 g/mol. The Bertz CT molecular complexity index is 720. The number of carbonyl (C=O) groups is 1. The van der Waals surface area contributed by atoms with E-state index in [1.807, 2.05) is 13.0 Å². The lowest BCUT2D eigenvalue weighted by Gasteiger charge is -2.19. The van der Waals surface area contributed by atoms with E-state index in [-0.39, 0.29) is 5.91 Å². The molecule has 2 aromatic rings. The van der Waals surface area contributed by atoms with Gasteiger partial charge in [0.1, 0.15) is 0 Å². The van der Waals surface area contributed by atoms with E-state index < -0.39 is 0 Å². The first-order chi connectivity index (χ1) is 11.0. The maximum absolute atomic E-state index is 12.4. The van der Waals surface area contributed by atoms with Gasteiger partial charge in [-0.3, -0.25) is 4.79 Å². The minimum atomic E-state index is -0.216. The third-order valence-electron chi connectivity index (χ3n) is 4.05. The highest BCUT2D eigenvalue weighted by molar-refractivity contribution is 6.35. The molecular weight excluding hydrogens is 331 g/mol. The number of nitrogens with one attached hydrogen (secondary N) is 1. The van der Waals surface area contributed by atoms with Gasteiger partial charge in [-0.15, -0.1) is 0 Å². The normalized spacial score (nSPS) is 14.1. The summed E-state index contributed by atoms with van der Waals surface area (Å²) in [5.74, 6) is -0.216. The molecule has 1 aliphatic rings. The van der Waals surface area contributed by atoms with Crippen LogP contribution in [0.5, 0.6) is 0 Å². The van der Waals surface area contributed by atoms with Crippen molar-refractivity contribution in [3.05, 3.63) is 57.6 Å². The molecule has 0 saturated carbocycles. The van der Waals surface area contributed by atoms with Gasteiger partial charge >= 0.3 is 0 Å². The van der Waals surface area contributed by atoms with Crippen LogP contribution in [0.2, 0.25) is 10.0 Å². The topological polar surface area (TPSA) is 32.3 Å². The molecule has 0 aromatic heterocycles. The van der Waals surface area contributed by atoms with Crippen molar-refractivity contribution in [3.63, 3.8) is 0 Å². The minimum absolute atomic E-state index is 0.216. The molecule has 1 aliphatic heterocycles. The zero-order valence-electron chi connectivity index (χ0n) is 12.9. The number of hydrogen-bond donors (Lipinski definition) is 1. The van der Waals surface area contributed by atoms with Gasteiger partial charge in [0.2, 0.25) is 0 Å². The van der Waals surface area contributed by atoms with E-state index in [1.165, 1.54) is 18.5 Å². The van der Waals surface area contributed by atoms with Gasteiger partial charge in [-0.1, -0.05) is 23.2 Å². The molecule has 1 fully saturated rings. The fourth-order valence-corrected chi connectivity index (χ4v) is 3.37. The molecule has 0 atom stereocenters. The van der Waals surface area contributed by atoms with Crippen molar-refractivity contribution in [1.29, 1.82) is 0 Å². The maximum atomic E-state index is 12.4. The Balaban J connectivity index is 1.78. The third kappa shape index (κ3) is 3.80. The molecule has 3 rings (SSSR count). The number of halogens is 2. The lowest BCUT2D eigenvalue weighted by Crippen LogP contribution is -2.18. The molecule has 0 bridgehead atoms. The molecule has 120 valence electrons. The smallest absolute Gasteiger partial charge is 0.255 e. The number of rotatable bonds is 3. The van der Waals surface area contributed by atoms with Gasteiger partial charge in [-0.25, -0.2) is 0 Å². The lowest BCUT2D eigenvalue weighted by atomic mass is 10.1. The van der Waals surface area contributed by atoms with Gasteiger partial charge in [0.25, 0.3) is 5.91 Å². The maximum Gasteiger partial charge on any atom is 0.255 e. The average Bonchev–Trinajstić information content (AvgIpc) is 3.02. The van der Waals surface area contributed by atoms with Crippen molar-refractivity contribution in [2.45, 2.75) is 19.8 Å². The molecule has 1 heterocycles. The Morgan fingerprint density at radius 1 is 1.04 bits per heavy atom. The number of amides is 1. The standard InChI is InChI=1S/C18H18Cl2N2O/c1-12-8-16(22-6-2-3-7-22)4-5-17(12)21-18(23)13-9-14(19)11-15(20)10-13/h4-5,8-11H,2-3,6-7H2,1H3,(H,21,23). The highest BCUT2D eigenvalue weighted by atomic mass is 35.5. The zero-order valence-corrected chi connectivity index (χ0v) is 14.4. The van der Waals surface area contributed by atoms with Gasteiger partial charge in [0.15, 0.2) is 0 Å². The summed E-state index contributed by atoms with van der Waals surface area (Å²) >= 11 is 11.9. The molecule has 3 nitrogen and oxygen atoms in total. The van der Waals surface area contributed by atoms with Crippen LogP contribution in [0, 0.1) is 6.92 Å². The molecule has 0 aliphatic carbocycles. The summed E-state index contributed by atoms with van der Waals surface area (Å²) < 4.78 is 0. The second kappa shape index (κ2) is 6.81. The van der Waals surface area contributed by atoms with Gasteiger partial charge in [-0.05, 0) is 61.7 Å². The van der Waals surface area contributed by atoms with Crippen LogP contribution in [0.15, 0.2) is 36.4 Å². The van der Waals surface area contributed by atoms with Crippen LogP contribution in [0.1, 0.15) is 28.8 Å². The van der Waals surface area contributed by atoms with E-state index in [1.54, 1.807) is 18.2 Å². The Morgan fingerprint density at radius 2 is 1.70 bits per heavy atom. The Kier molecular flexibility index (Phi) is 4.79. The van der Waals surface area contributed by atoms with Gasteiger partial charge < -0.3 is 10.2 Å². The van der Waals surface area contributed by atoms with Gasteiger partial charge in [0.05, 0.1) is 0 Å². The van der Waals surface area contributed by atoms with Crippen molar-refractivity contribution in [2.24, 2.45) is 0 Å². The SMILES string of the molecule is Cc1cc(N2CCCC2)ccc1NC(=O)c1cc(Cl)cc(Cl)c1. The Morgan fingerprint density at radius 3 is 2.30 bits per heavy atom. The summed E-state index contributed by atoms with van der Waals surface area (Å²) in [5.41, 5.74) is 3.50. The van der Waals surface area contributed by atoms with Crippen LogP contribution < -0.4 is 10.2 Å². The van der Waals surface area contributed by atoms with Crippen LogP contribution in [-0.4, -0.2) is 19.0 Å². The first-order valence-corrected chi connectivity index (χ1v) is 8.41. The largest absolute Gasteiger partial charge is 0.372 e. The lowest BCUT2D eigenvalue weighted by molar-refractivity contribution is 0.102. The Labute approximate surface area is 146 Å². The zero-order chi connectivity index (χ0) is 16.4. The number of anilines is 2. The number of nitrogens with zero attached hydrogens (tertiary/aromatic N) is 1. The molecule has 1 amide bonds. The van der Waals surface area contributed by atoms with Crippen LogP contribution in [0.25, 0.3) is 0 Å². The summed E-state index contributed by atoms with van der Waals surface area (Å²) in [4.78, 5) is 14.7. The number of benzene rings is 2. The van der Waals surface area contributed by atoms with Gasteiger partial charge in [-0.2, -0.15) is 0 Å². The molecule has 23 heavy (non-hydrogen) atoms. The van der Waals surface area contributed by atoms with Crippen LogP contribution >= 0.6 is 23.2 Å². The fourth-order valence-electron chi connectivity index (χ4n) is 2.84. The van der Waals surface area contributed by atoms with Gasteiger partial charge in [0, 0.05) is 40.1 Å². The second-order valence-electron chi connectivity index (χ2n) is 5.81. The molecule has 1 saturated heterocycles. The summed E-state index contributed by atoms with van der Waals surface area (Å²) in [6.07, 6.45) is 2.49. The first-order valence-electron chi connectivity index (χ1n) is 7.66. The van der Waals surface area contributed by atoms with E-state index in [4.69, 9.17) is 23.2 Å². The highest BCUT2D eigenvalue weighted by Crippen LogP contribution is 2.26. The third-order valence-corrected chi connectivity index (χ3v) is 4.49. The van der Waals surface area contributed by atoms with E-state index in [0.717, 1.165) is 24.3 Å². The van der Waals surface area contributed by atoms with Crippen LogP contribution in [-0.2, 0) is 0 Å². The molecule has 0 unspecified atom stereocenters. The van der Waals surface area contributed by atoms with Crippen molar-refractivity contribution >= 4 is 40.5 Å². The number of hydrogen-bond acceptors (Lipinski definition) is 2. The summed E-state index contributed by atoms with van der Waals surface area (Å²) in [5, 5.41) is 3.82. The van der Waals surface area contributed by atoms with E-state index >= 15 is 0 Å². The number of carbonyl (C=O) groups excluding carboxylic acids is 1. The summed E-state index contributed by atoms with van der Waals surface area (Å²) in [7, 11) is 0. The van der Waals surface area contributed by atoms with E-state index in [9.17, 15) is 4.79 Å². The molecule has 0 spiro atoms. The quantitative estimate of drug-likeness (QED) is 0.831. The van der Waals surface area contributed by atoms with Crippen molar-refractivity contribution in [2.75, 3.05) is 23.3 Å². The highest BCUT2D eigenvalue weighted by Gasteiger charge is 2.14. The predicted octanol–water partition coefficient (Wildman–Crippen LogP) is 5.15. The van der Waals surface area contributed by atoms with Crippen molar-refractivity contribution in [1.82, 2.24) is 0 Å². The fraction of sp³-hybridized carbons (Fsp3) is 0.278. The van der Waals surface area contributed by atoms with E-state index in [2.05, 4.69) is 22.3 Å².